The lowest BCUT2D eigenvalue weighted by molar-refractivity contribution is -0.138. The third kappa shape index (κ3) is 15.9. The molecule has 6 rings (SSSR count). The molecule has 66 heavy (non-hydrogen) atoms. The lowest BCUT2D eigenvalue weighted by Gasteiger charge is -2.63. The number of hydrogen-bond donors (Lipinski definition) is 0. The number of rotatable bonds is 17. The Morgan fingerprint density at radius 3 is 0.455 bits per heavy atom. The molecule has 0 aliphatic carbocycles. The molecule has 12 nitrogen and oxygen atoms in total. The van der Waals surface area contributed by atoms with Crippen LogP contribution in [0.4, 0.5) is 92.2 Å². The first-order chi connectivity index (χ1) is 29.5. The monoisotopic (exact) mass is 1150 g/mol. The molecule has 0 saturated carbocycles. The molecule has 0 N–H and O–H groups in total. The summed E-state index contributed by atoms with van der Waals surface area (Å²) in [7, 11) is -50.6. The number of unbranched alkanes of at least 4 members (excludes halogenated alkanes) is 1. The van der Waals surface area contributed by atoms with Gasteiger partial charge in [0.2, 0.25) is 0 Å². The van der Waals surface area contributed by atoms with Gasteiger partial charge in [0, 0.05) is 93.3 Å². The Hall–Kier alpha value is -0.215. The molecule has 0 radical (unpaired) electrons. The second-order valence-corrected chi connectivity index (χ2v) is 40.3. The molecule has 6 aliphatic rings. The Morgan fingerprint density at radius 2 is 0.348 bits per heavy atom. The summed E-state index contributed by atoms with van der Waals surface area (Å²) in [5, 5.41) is 0. The summed E-state index contributed by atoms with van der Waals surface area (Å²) in [6.45, 7) is 1.36. The molecular formula is C25H37F21O12Si8. The number of hydrogen-bond acceptors (Lipinski definition) is 12. The van der Waals surface area contributed by atoms with E-state index in [2.05, 4.69) is 0 Å². The van der Waals surface area contributed by atoms with Crippen LogP contribution in [-0.4, -0.2) is 114 Å². The van der Waals surface area contributed by atoms with Gasteiger partial charge in [-0.3, -0.25) is 0 Å². The minimum absolute atomic E-state index is 0.0945. The summed E-state index contributed by atoms with van der Waals surface area (Å²) >= 11 is 0. The van der Waals surface area contributed by atoms with Crippen molar-refractivity contribution in [3.8, 4) is 0 Å². The van der Waals surface area contributed by atoms with Crippen LogP contribution in [0.15, 0.2) is 0 Å². The molecule has 6 fully saturated rings. The molecule has 0 unspecified atom stereocenters. The highest BCUT2D eigenvalue weighted by molar-refractivity contribution is 7.03. The van der Waals surface area contributed by atoms with Gasteiger partial charge in [-0.25, -0.2) is 0 Å². The number of halogens is 21. The third-order valence-corrected chi connectivity index (χ3v) is 46.4. The maximum absolute atomic E-state index is 14.2. The summed E-state index contributed by atoms with van der Waals surface area (Å²) in [4.78, 5) is 0. The van der Waals surface area contributed by atoms with Crippen molar-refractivity contribution >= 4 is 70.4 Å². The summed E-state index contributed by atoms with van der Waals surface area (Å²) in [6, 6.07) is -14.4. The minimum atomic E-state index is -6.53. The average molecular weight is 1150 g/mol. The lowest BCUT2D eigenvalue weighted by atomic mass is 10.4. The molecule has 6 heterocycles. The van der Waals surface area contributed by atoms with Crippen LogP contribution in [0.1, 0.15) is 64.7 Å². The van der Waals surface area contributed by atoms with Gasteiger partial charge in [-0.05, 0) is 6.42 Å². The Morgan fingerprint density at radius 1 is 0.227 bits per heavy atom. The van der Waals surface area contributed by atoms with Crippen LogP contribution in [0.25, 0.3) is 0 Å². The Kier molecular flexibility index (Phi) is 16.0. The Labute approximate surface area is 367 Å². The van der Waals surface area contributed by atoms with Gasteiger partial charge >= 0.3 is 114 Å². The first kappa shape index (κ1) is 56.7. The van der Waals surface area contributed by atoms with E-state index in [1.807, 2.05) is 0 Å². The van der Waals surface area contributed by atoms with Crippen molar-refractivity contribution in [1.82, 2.24) is 0 Å². The molecular weight excluding hydrogens is 1120 g/mol. The maximum atomic E-state index is 14.2. The summed E-state index contributed by atoms with van der Waals surface area (Å²) in [6.07, 6.45) is -54.6. The van der Waals surface area contributed by atoms with Gasteiger partial charge in [-0.15, -0.1) is 0 Å². The first-order valence-electron chi connectivity index (χ1n) is 19.4. The predicted octanol–water partition coefficient (Wildman–Crippen LogP) is 11.2. The van der Waals surface area contributed by atoms with Crippen LogP contribution in [0, 0.1) is 0 Å². The molecule has 0 spiro atoms. The normalized spacial score (nSPS) is 36.8. The average Bonchev–Trinajstić information content (AvgIpc) is 3.06. The molecule has 6 aliphatic heterocycles. The van der Waals surface area contributed by atoms with Crippen molar-refractivity contribution < 1.29 is 142 Å². The highest BCUT2D eigenvalue weighted by Gasteiger charge is 2.84. The van der Waals surface area contributed by atoms with Crippen LogP contribution in [0.3, 0.4) is 0 Å². The van der Waals surface area contributed by atoms with Gasteiger partial charge in [0.05, 0.1) is 0 Å². The fraction of sp³-hybridized carbons (Fsp3) is 1.00. The van der Waals surface area contributed by atoms with Crippen molar-refractivity contribution in [1.29, 1.82) is 0 Å². The molecule has 0 aromatic carbocycles. The second kappa shape index (κ2) is 18.7. The zero-order chi connectivity index (χ0) is 50.0. The molecule has 0 aromatic rings. The Balaban J connectivity index is 2.00. The first-order valence-corrected chi connectivity index (χ1v) is 34.8. The van der Waals surface area contributed by atoms with Gasteiger partial charge in [-0.2, -0.15) is 92.2 Å². The van der Waals surface area contributed by atoms with E-state index in [-0.39, 0.29) is 6.42 Å². The van der Waals surface area contributed by atoms with Crippen molar-refractivity contribution in [3.63, 3.8) is 0 Å². The highest BCUT2D eigenvalue weighted by atomic mass is 28.6. The van der Waals surface area contributed by atoms with Crippen molar-refractivity contribution in [2.75, 3.05) is 0 Å². The van der Waals surface area contributed by atoms with Crippen LogP contribution in [0.5, 0.6) is 0 Å². The van der Waals surface area contributed by atoms with Crippen molar-refractivity contribution in [2.45, 2.75) is 156 Å². The fourth-order valence-corrected chi connectivity index (χ4v) is 57.5. The predicted molar refractivity (Wildman–Crippen MR) is 187 cm³/mol. The molecule has 41 heteroatoms. The van der Waals surface area contributed by atoms with E-state index in [4.69, 9.17) is 49.4 Å². The molecule has 6 saturated heterocycles. The van der Waals surface area contributed by atoms with E-state index < -0.39 is 213 Å². The van der Waals surface area contributed by atoms with Crippen LogP contribution in [0.2, 0.25) is 48.4 Å². The zero-order valence-corrected chi connectivity index (χ0v) is 41.4. The topological polar surface area (TPSA) is 111 Å². The second-order valence-electron chi connectivity index (χ2n) is 15.6. The largest absolute Gasteiger partial charge is 0.479 e. The quantitative estimate of drug-likeness (QED) is 0.102. The van der Waals surface area contributed by atoms with Crippen molar-refractivity contribution in [2.24, 2.45) is 0 Å². The SMILES string of the molecule is CCCC[Si]12O[Si]3(CCC(F)(F)F)O[Si]4(CCC(F)(F)F)O[Si](CCC(F)(F)F)(O1)O[Si]1(CCC(F)(F)F)O[Si](CCC(F)(F)F)(O2)O[Si](CCC(F)(F)F)(O3)O[Si](CCC(F)(F)F)(O4)O1. The van der Waals surface area contributed by atoms with Gasteiger partial charge in [-0.1, -0.05) is 13.3 Å². The van der Waals surface area contributed by atoms with Crippen LogP contribution >= 0.6 is 0 Å². The molecule has 0 amide bonds. The molecule has 0 atom stereocenters. The van der Waals surface area contributed by atoms with E-state index in [9.17, 15) is 92.2 Å². The standard InChI is InChI=1S/C25H37F21O12Si8/c1-2-3-11-59-47-60(12-4-19(26,27)28)50-63(15-7-22(35,36)37)52-61(48-59,13-5-20(29,30)31)54-65(17-9-24(41,42)43)55-62(49-59,14-6-21(32,33)34)53-64(51-60,16-8-23(38,39)40)57-66(56-63,58-65)18-10-25(44,45)46/h2-18H2,1H3. The zero-order valence-electron chi connectivity index (χ0n) is 33.4. The third-order valence-electron chi connectivity index (χ3n) is 9.57. The summed E-state index contributed by atoms with van der Waals surface area (Å²) in [5.74, 6) is 0. The van der Waals surface area contributed by atoms with E-state index in [1.54, 1.807) is 0 Å². The van der Waals surface area contributed by atoms with E-state index in [1.165, 1.54) is 6.92 Å². The van der Waals surface area contributed by atoms with E-state index in [0.717, 1.165) is 0 Å². The van der Waals surface area contributed by atoms with E-state index >= 15 is 0 Å². The lowest BCUT2D eigenvalue weighted by Crippen LogP contribution is -2.88. The van der Waals surface area contributed by atoms with Gasteiger partial charge in [0.25, 0.3) is 0 Å². The van der Waals surface area contributed by atoms with Gasteiger partial charge in [0.1, 0.15) is 0 Å². The minimum Gasteiger partial charge on any atom is -0.373 e. The summed E-state index contributed by atoms with van der Waals surface area (Å²) in [5.41, 5.74) is 0. The highest BCUT2D eigenvalue weighted by Crippen LogP contribution is 2.57. The van der Waals surface area contributed by atoms with Crippen LogP contribution in [-0.2, 0) is 49.4 Å². The van der Waals surface area contributed by atoms with Crippen LogP contribution < -0.4 is 0 Å². The van der Waals surface area contributed by atoms with E-state index in [0.29, 0.717) is 0 Å². The van der Waals surface area contributed by atoms with Gasteiger partial charge in [0.15, 0.2) is 0 Å². The fourth-order valence-electron chi connectivity index (χ4n) is 7.02. The number of alkyl halides is 21. The molecule has 388 valence electrons. The summed E-state index contributed by atoms with van der Waals surface area (Å²) < 4.78 is 370. The Bertz CT molecular complexity index is 1500. The van der Waals surface area contributed by atoms with Gasteiger partial charge < -0.3 is 49.4 Å². The smallest absolute Gasteiger partial charge is 0.373 e. The molecule has 0 aromatic heterocycles. The maximum Gasteiger partial charge on any atom is 0.479 e. The molecule has 8 bridgehead atoms. The van der Waals surface area contributed by atoms with Crippen molar-refractivity contribution in [3.05, 3.63) is 0 Å².